The number of carboxylic acid groups (broad SMARTS) is 1. The zero-order valence-electron chi connectivity index (χ0n) is 10.5. The van der Waals surface area contributed by atoms with Gasteiger partial charge in [-0.3, -0.25) is 0 Å². The molecule has 2 nitrogen and oxygen atoms in total. The fourth-order valence-electron chi connectivity index (χ4n) is 2.67. The van der Waals surface area contributed by atoms with Crippen LogP contribution < -0.4 is 34.7 Å². The summed E-state index contributed by atoms with van der Waals surface area (Å²) in [5.74, 6) is -1.09. The SMILES string of the molecule is C=C1c2cccc3cccc(c23)C1(C)C(=O)[O-].[Na+]. The molecule has 0 heterocycles. The predicted octanol–water partition coefficient (Wildman–Crippen LogP) is -1.12. The Labute approximate surface area is 128 Å². The van der Waals surface area contributed by atoms with Crippen LogP contribution in [0.1, 0.15) is 18.1 Å². The van der Waals surface area contributed by atoms with Crippen LogP contribution in [0.4, 0.5) is 0 Å². The maximum absolute atomic E-state index is 11.5. The van der Waals surface area contributed by atoms with Gasteiger partial charge in [0.05, 0.1) is 11.4 Å². The molecule has 1 aliphatic carbocycles. The van der Waals surface area contributed by atoms with Crippen LogP contribution in [0.2, 0.25) is 0 Å². The molecule has 1 unspecified atom stereocenters. The molecule has 3 heteroatoms. The van der Waals surface area contributed by atoms with Crippen molar-refractivity contribution >= 4 is 22.3 Å². The molecule has 0 aromatic heterocycles. The monoisotopic (exact) mass is 246 g/mol. The van der Waals surface area contributed by atoms with Gasteiger partial charge in [0, 0.05) is 0 Å². The first-order valence-electron chi connectivity index (χ1n) is 5.50. The third-order valence-electron chi connectivity index (χ3n) is 3.78. The van der Waals surface area contributed by atoms with Gasteiger partial charge in [-0.25, -0.2) is 0 Å². The van der Waals surface area contributed by atoms with Crippen molar-refractivity contribution in [1.29, 1.82) is 0 Å². The van der Waals surface area contributed by atoms with Crippen LogP contribution in [0, 0.1) is 0 Å². The van der Waals surface area contributed by atoms with E-state index in [1.54, 1.807) is 6.92 Å². The number of carboxylic acids is 1. The molecule has 0 bridgehead atoms. The summed E-state index contributed by atoms with van der Waals surface area (Å²) < 4.78 is 0. The third kappa shape index (κ3) is 1.43. The summed E-state index contributed by atoms with van der Waals surface area (Å²) in [7, 11) is 0. The van der Waals surface area contributed by atoms with Crippen molar-refractivity contribution in [3.8, 4) is 0 Å². The van der Waals surface area contributed by atoms with Crippen LogP contribution in [0.3, 0.4) is 0 Å². The van der Waals surface area contributed by atoms with Crippen molar-refractivity contribution < 1.29 is 39.5 Å². The smallest absolute Gasteiger partial charge is 0.549 e. The normalized spacial score (nSPS) is 20.8. The minimum atomic E-state index is -1.11. The van der Waals surface area contributed by atoms with Crippen molar-refractivity contribution in [3.05, 3.63) is 54.1 Å². The first-order chi connectivity index (χ1) is 8.06. The quantitative estimate of drug-likeness (QED) is 0.598. The van der Waals surface area contributed by atoms with Crippen LogP contribution in [0.15, 0.2) is 43.0 Å². The van der Waals surface area contributed by atoms with Gasteiger partial charge >= 0.3 is 29.6 Å². The number of carbonyl (C=O) groups is 1. The average Bonchev–Trinajstić information content (AvgIpc) is 2.56. The molecule has 18 heavy (non-hydrogen) atoms. The van der Waals surface area contributed by atoms with Gasteiger partial charge in [0.1, 0.15) is 0 Å². The molecule has 0 amide bonds. The van der Waals surface area contributed by atoms with Crippen LogP contribution in [-0.2, 0) is 10.2 Å². The number of rotatable bonds is 1. The van der Waals surface area contributed by atoms with E-state index in [-0.39, 0.29) is 29.6 Å². The van der Waals surface area contributed by atoms with E-state index in [1.807, 2.05) is 36.4 Å². The van der Waals surface area contributed by atoms with E-state index in [9.17, 15) is 9.90 Å². The fourth-order valence-corrected chi connectivity index (χ4v) is 2.67. The second-order valence-corrected chi connectivity index (χ2v) is 4.60. The van der Waals surface area contributed by atoms with Gasteiger partial charge in [0.15, 0.2) is 0 Å². The molecule has 0 radical (unpaired) electrons. The molecular formula is C15H11NaO2. The summed E-state index contributed by atoms with van der Waals surface area (Å²) in [6, 6.07) is 11.5. The van der Waals surface area contributed by atoms with E-state index in [4.69, 9.17) is 0 Å². The van der Waals surface area contributed by atoms with Crippen molar-refractivity contribution in [2.45, 2.75) is 12.3 Å². The number of hydrogen-bond donors (Lipinski definition) is 0. The van der Waals surface area contributed by atoms with Gasteiger partial charge in [0.2, 0.25) is 0 Å². The third-order valence-corrected chi connectivity index (χ3v) is 3.78. The Kier molecular flexibility index (Phi) is 3.14. The minimum Gasteiger partial charge on any atom is -0.549 e. The van der Waals surface area contributed by atoms with Crippen LogP contribution >= 0.6 is 0 Å². The Morgan fingerprint density at radius 1 is 1.22 bits per heavy atom. The van der Waals surface area contributed by atoms with E-state index in [0.29, 0.717) is 5.57 Å². The summed E-state index contributed by atoms with van der Waals surface area (Å²) in [4.78, 5) is 11.5. The Balaban J connectivity index is 0.00000120. The molecular weight excluding hydrogens is 235 g/mol. The first kappa shape index (κ1) is 13.3. The molecule has 0 saturated carbocycles. The van der Waals surface area contributed by atoms with E-state index in [2.05, 4.69) is 6.58 Å². The zero-order valence-corrected chi connectivity index (χ0v) is 12.5. The number of hydrogen-bond acceptors (Lipinski definition) is 2. The zero-order chi connectivity index (χ0) is 12.2. The van der Waals surface area contributed by atoms with E-state index >= 15 is 0 Å². The molecule has 2 aromatic rings. The average molecular weight is 246 g/mol. The van der Waals surface area contributed by atoms with Gasteiger partial charge in [-0.2, -0.15) is 0 Å². The van der Waals surface area contributed by atoms with Gasteiger partial charge in [-0.15, -0.1) is 0 Å². The summed E-state index contributed by atoms with van der Waals surface area (Å²) in [6.07, 6.45) is 0. The molecule has 0 spiro atoms. The maximum atomic E-state index is 11.5. The van der Waals surface area contributed by atoms with E-state index in [1.165, 1.54) is 0 Å². The minimum absolute atomic E-state index is 0. The number of benzene rings is 2. The Morgan fingerprint density at radius 3 is 2.44 bits per heavy atom. The molecule has 0 saturated heterocycles. The molecule has 0 N–H and O–H groups in total. The summed E-state index contributed by atoms with van der Waals surface area (Å²) >= 11 is 0. The van der Waals surface area contributed by atoms with Gasteiger partial charge < -0.3 is 9.90 Å². The standard InChI is InChI=1S/C15H12O2.Na/c1-9-11-7-3-5-10-6-4-8-12(13(10)11)15(9,2)14(16)17;/h3-8H,1H2,2H3,(H,16,17);/q;+1/p-1. The molecule has 1 aliphatic rings. The predicted molar refractivity (Wildman–Crippen MR) is 65.3 cm³/mol. The first-order valence-corrected chi connectivity index (χ1v) is 5.50. The molecule has 1 atom stereocenters. The van der Waals surface area contributed by atoms with E-state index < -0.39 is 11.4 Å². The number of aliphatic carboxylic acids is 1. The maximum Gasteiger partial charge on any atom is 1.00 e. The Morgan fingerprint density at radius 2 is 1.83 bits per heavy atom. The summed E-state index contributed by atoms with van der Waals surface area (Å²) in [5.41, 5.74) is 1.22. The summed E-state index contributed by atoms with van der Waals surface area (Å²) in [6.45, 7) is 5.61. The Bertz CT molecular complexity index is 670. The molecule has 0 aliphatic heterocycles. The van der Waals surface area contributed by atoms with Crippen LogP contribution in [0.5, 0.6) is 0 Å². The van der Waals surface area contributed by atoms with E-state index in [0.717, 1.165) is 21.9 Å². The van der Waals surface area contributed by atoms with Crippen LogP contribution in [-0.4, -0.2) is 5.97 Å². The number of carbonyl (C=O) groups excluding carboxylic acids is 1. The van der Waals surface area contributed by atoms with Crippen molar-refractivity contribution in [3.63, 3.8) is 0 Å². The van der Waals surface area contributed by atoms with Crippen molar-refractivity contribution in [2.75, 3.05) is 0 Å². The topological polar surface area (TPSA) is 40.1 Å². The molecule has 0 fully saturated rings. The van der Waals surface area contributed by atoms with Gasteiger partial charge in [-0.05, 0) is 34.4 Å². The van der Waals surface area contributed by atoms with Gasteiger partial charge in [-0.1, -0.05) is 43.0 Å². The largest absolute Gasteiger partial charge is 1.00 e. The second-order valence-electron chi connectivity index (χ2n) is 4.60. The Hall–Kier alpha value is -1.09. The van der Waals surface area contributed by atoms with Crippen molar-refractivity contribution in [1.82, 2.24) is 0 Å². The van der Waals surface area contributed by atoms with Crippen molar-refractivity contribution in [2.24, 2.45) is 0 Å². The molecule has 2 aromatic carbocycles. The molecule has 3 rings (SSSR count). The molecule has 84 valence electrons. The fraction of sp³-hybridized carbons (Fsp3) is 0.133. The van der Waals surface area contributed by atoms with Gasteiger partial charge in [0.25, 0.3) is 0 Å². The second kappa shape index (κ2) is 4.23. The van der Waals surface area contributed by atoms with Crippen LogP contribution in [0.25, 0.3) is 16.3 Å². The summed E-state index contributed by atoms with van der Waals surface area (Å²) in [5, 5.41) is 13.5.